The third-order valence-corrected chi connectivity index (χ3v) is 3.98. The molecule has 1 amide bonds. The van der Waals surface area contributed by atoms with Crippen LogP contribution >= 0.6 is 28.3 Å². The molecule has 6 heteroatoms. The quantitative estimate of drug-likeness (QED) is 0.895. The molecular weight excluding hydrogens is 344 g/mol. The summed E-state index contributed by atoms with van der Waals surface area (Å²) in [7, 11) is 1.66. The predicted octanol–water partition coefficient (Wildman–Crippen LogP) is 2.89. The van der Waals surface area contributed by atoms with Crippen molar-refractivity contribution in [3.05, 3.63) is 28.2 Å². The zero-order valence-electron chi connectivity index (χ0n) is 11.5. The van der Waals surface area contributed by atoms with Crippen LogP contribution in [0.4, 0.5) is 0 Å². The van der Waals surface area contributed by atoms with Gasteiger partial charge in [-0.3, -0.25) is 4.79 Å². The minimum Gasteiger partial charge on any atom is -0.496 e. The fourth-order valence-electron chi connectivity index (χ4n) is 2.62. The molecule has 0 aromatic heterocycles. The van der Waals surface area contributed by atoms with Gasteiger partial charge in [-0.25, -0.2) is 0 Å². The molecule has 1 aliphatic heterocycles. The average molecular weight is 364 g/mol. The van der Waals surface area contributed by atoms with Crippen molar-refractivity contribution >= 4 is 34.2 Å². The summed E-state index contributed by atoms with van der Waals surface area (Å²) in [6.45, 7) is 1.21. The Morgan fingerprint density at radius 2 is 2.30 bits per heavy atom. The number of benzene rings is 1. The van der Waals surface area contributed by atoms with E-state index in [0.717, 1.165) is 35.2 Å². The van der Waals surface area contributed by atoms with Crippen molar-refractivity contribution in [2.24, 2.45) is 5.73 Å². The van der Waals surface area contributed by atoms with E-state index < -0.39 is 0 Å². The van der Waals surface area contributed by atoms with Gasteiger partial charge >= 0.3 is 0 Å². The molecule has 0 aliphatic carbocycles. The molecule has 2 N–H and O–H groups in total. The van der Waals surface area contributed by atoms with Gasteiger partial charge in [-0.1, -0.05) is 15.9 Å². The smallest absolute Gasteiger partial charge is 0.224 e. The Kier molecular flexibility index (Phi) is 6.79. The summed E-state index contributed by atoms with van der Waals surface area (Å²) in [4.78, 5) is 14.0. The monoisotopic (exact) mass is 362 g/mol. The molecule has 1 heterocycles. The molecule has 0 spiro atoms. The molecule has 112 valence electrons. The molecule has 1 saturated heterocycles. The highest BCUT2D eigenvalue weighted by atomic mass is 79.9. The second kappa shape index (κ2) is 7.86. The van der Waals surface area contributed by atoms with E-state index in [1.807, 2.05) is 23.1 Å². The van der Waals surface area contributed by atoms with Crippen LogP contribution in [0.25, 0.3) is 0 Å². The Labute approximate surface area is 134 Å². The Bertz CT molecular complexity index is 470. The molecule has 1 unspecified atom stereocenters. The van der Waals surface area contributed by atoms with Crippen molar-refractivity contribution in [1.82, 2.24) is 4.90 Å². The fraction of sp³-hybridized carbons (Fsp3) is 0.500. The van der Waals surface area contributed by atoms with Crippen LogP contribution in [-0.4, -0.2) is 31.0 Å². The van der Waals surface area contributed by atoms with E-state index in [9.17, 15) is 4.79 Å². The topological polar surface area (TPSA) is 55.6 Å². The number of amides is 1. The summed E-state index contributed by atoms with van der Waals surface area (Å²) in [6.07, 6.45) is 2.41. The maximum atomic E-state index is 12.1. The molecule has 0 radical (unpaired) electrons. The molecule has 20 heavy (non-hydrogen) atoms. The summed E-state index contributed by atoms with van der Waals surface area (Å²) in [5.41, 5.74) is 6.55. The second-order valence-electron chi connectivity index (χ2n) is 4.67. The predicted molar refractivity (Wildman–Crippen MR) is 85.3 cm³/mol. The molecule has 1 aromatic rings. The lowest BCUT2D eigenvalue weighted by Gasteiger charge is -2.26. The molecule has 4 nitrogen and oxygen atoms in total. The first-order chi connectivity index (χ1) is 9.17. The highest BCUT2D eigenvalue weighted by Crippen LogP contribution is 2.38. The highest BCUT2D eigenvalue weighted by Gasteiger charge is 2.31. The maximum Gasteiger partial charge on any atom is 0.224 e. The van der Waals surface area contributed by atoms with Crippen LogP contribution < -0.4 is 10.5 Å². The van der Waals surface area contributed by atoms with Crippen LogP contribution in [0.3, 0.4) is 0 Å². The average Bonchev–Trinajstić information content (AvgIpc) is 2.88. The van der Waals surface area contributed by atoms with Crippen molar-refractivity contribution < 1.29 is 9.53 Å². The number of likely N-dealkylation sites (tertiary alicyclic amines) is 1. The third-order valence-electron chi connectivity index (χ3n) is 3.48. The van der Waals surface area contributed by atoms with Gasteiger partial charge in [0.25, 0.3) is 0 Å². The number of methoxy groups -OCH3 is 1. The maximum absolute atomic E-state index is 12.1. The van der Waals surface area contributed by atoms with E-state index in [0.29, 0.717) is 13.0 Å². The van der Waals surface area contributed by atoms with E-state index in [4.69, 9.17) is 10.5 Å². The van der Waals surface area contributed by atoms with Gasteiger partial charge in [-0.2, -0.15) is 0 Å². The number of carbonyl (C=O) groups is 1. The van der Waals surface area contributed by atoms with Crippen LogP contribution in [0, 0.1) is 0 Å². The molecule has 1 aromatic carbocycles. The lowest BCUT2D eigenvalue weighted by atomic mass is 10.0. The summed E-state index contributed by atoms with van der Waals surface area (Å²) in [5.74, 6) is 0.965. The first-order valence-electron chi connectivity index (χ1n) is 6.50. The minimum atomic E-state index is 0. The van der Waals surface area contributed by atoms with Crippen molar-refractivity contribution in [2.75, 3.05) is 20.2 Å². The number of hydrogen-bond acceptors (Lipinski definition) is 3. The number of hydrogen-bond donors (Lipinski definition) is 1. The summed E-state index contributed by atoms with van der Waals surface area (Å²) >= 11 is 3.48. The standard InChI is InChI=1S/C14H19BrN2O2.ClH/c1-19-13-5-4-10(15)9-11(13)12-3-2-8-17(12)14(18)6-7-16;/h4-5,9,12H,2-3,6-8,16H2,1H3;1H. The summed E-state index contributed by atoms with van der Waals surface area (Å²) < 4.78 is 6.42. The number of carbonyl (C=O) groups excluding carboxylic acids is 1. The highest BCUT2D eigenvalue weighted by molar-refractivity contribution is 9.10. The Morgan fingerprint density at radius 1 is 1.55 bits per heavy atom. The van der Waals surface area contributed by atoms with Crippen LogP contribution in [0.2, 0.25) is 0 Å². The minimum absolute atomic E-state index is 0. The lowest BCUT2D eigenvalue weighted by Crippen LogP contribution is -2.32. The Balaban J connectivity index is 0.00000200. The first-order valence-corrected chi connectivity index (χ1v) is 7.29. The first kappa shape index (κ1) is 17.3. The number of nitrogens with zero attached hydrogens (tertiary/aromatic N) is 1. The van der Waals surface area contributed by atoms with Crippen molar-refractivity contribution in [3.63, 3.8) is 0 Å². The number of rotatable bonds is 4. The molecule has 2 rings (SSSR count). The number of nitrogens with two attached hydrogens (primary N) is 1. The summed E-state index contributed by atoms with van der Waals surface area (Å²) in [6, 6.07) is 6.02. The Hall–Kier alpha value is -0.780. The van der Waals surface area contributed by atoms with E-state index in [2.05, 4.69) is 15.9 Å². The SMILES string of the molecule is COc1ccc(Br)cc1C1CCCN1C(=O)CCN.Cl. The van der Waals surface area contributed by atoms with Gasteiger partial charge in [0.15, 0.2) is 0 Å². The van der Waals surface area contributed by atoms with Crippen LogP contribution in [0.15, 0.2) is 22.7 Å². The van der Waals surface area contributed by atoms with Crippen molar-refractivity contribution in [2.45, 2.75) is 25.3 Å². The van der Waals surface area contributed by atoms with Crippen LogP contribution in [0.1, 0.15) is 30.9 Å². The zero-order valence-corrected chi connectivity index (χ0v) is 13.9. The number of halogens is 2. The van der Waals surface area contributed by atoms with Gasteiger partial charge < -0.3 is 15.4 Å². The lowest BCUT2D eigenvalue weighted by molar-refractivity contribution is -0.131. The van der Waals surface area contributed by atoms with Gasteiger partial charge in [0.1, 0.15) is 5.75 Å². The molecule has 0 saturated carbocycles. The van der Waals surface area contributed by atoms with Gasteiger partial charge in [0.05, 0.1) is 13.2 Å². The molecule has 1 fully saturated rings. The van der Waals surface area contributed by atoms with Gasteiger partial charge in [0, 0.05) is 29.5 Å². The normalized spacial score (nSPS) is 17.8. The Morgan fingerprint density at radius 3 is 2.95 bits per heavy atom. The van der Waals surface area contributed by atoms with Crippen LogP contribution in [-0.2, 0) is 4.79 Å². The van der Waals surface area contributed by atoms with E-state index in [-0.39, 0.29) is 24.4 Å². The van der Waals surface area contributed by atoms with Gasteiger partial charge in [-0.05, 0) is 31.0 Å². The van der Waals surface area contributed by atoms with E-state index in [1.54, 1.807) is 7.11 Å². The van der Waals surface area contributed by atoms with E-state index >= 15 is 0 Å². The fourth-order valence-corrected chi connectivity index (χ4v) is 3.00. The van der Waals surface area contributed by atoms with E-state index in [1.165, 1.54) is 0 Å². The second-order valence-corrected chi connectivity index (χ2v) is 5.59. The van der Waals surface area contributed by atoms with Crippen molar-refractivity contribution in [3.8, 4) is 5.75 Å². The zero-order chi connectivity index (χ0) is 13.8. The van der Waals surface area contributed by atoms with Crippen molar-refractivity contribution in [1.29, 1.82) is 0 Å². The molecule has 0 bridgehead atoms. The van der Waals surface area contributed by atoms with Gasteiger partial charge in [-0.15, -0.1) is 12.4 Å². The molecule has 1 aliphatic rings. The molecular formula is C14H20BrClN2O2. The number of ether oxygens (including phenoxy) is 1. The summed E-state index contributed by atoms with van der Waals surface area (Å²) in [5, 5.41) is 0. The third kappa shape index (κ3) is 3.65. The van der Waals surface area contributed by atoms with Gasteiger partial charge in [0.2, 0.25) is 5.91 Å². The largest absolute Gasteiger partial charge is 0.496 e. The molecule has 1 atom stereocenters. The van der Waals surface area contributed by atoms with Crippen LogP contribution in [0.5, 0.6) is 5.75 Å².